The van der Waals surface area contributed by atoms with Gasteiger partial charge in [-0.15, -0.1) is 0 Å². The highest BCUT2D eigenvalue weighted by atomic mass is 15.2. The summed E-state index contributed by atoms with van der Waals surface area (Å²) < 4.78 is 0. The lowest BCUT2D eigenvalue weighted by molar-refractivity contribution is 0.198. The molecular formula is C18H30N4. The molecule has 0 spiro atoms. The van der Waals surface area contributed by atoms with Crippen molar-refractivity contribution in [2.24, 2.45) is 10.9 Å². The Labute approximate surface area is 135 Å². The zero-order chi connectivity index (χ0) is 15.8. The van der Waals surface area contributed by atoms with Crippen LogP contribution in [0.2, 0.25) is 0 Å². The van der Waals surface area contributed by atoms with Gasteiger partial charge < -0.3 is 10.6 Å². The first kappa shape index (κ1) is 16.8. The summed E-state index contributed by atoms with van der Waals surface area (Å²) in [5.41, 5.74) is 1.41. The number of nitrogens with zero attached hydrogens (tertiary/aromatic N) is 2. The van der Waals surface area contributed by atoms with Crippen LogP contribution in [0.5, 0.6) is 0 Å². The van der Waals surface area contributed by atoms with Crippen molar-refractivity contribution in [3.05, 3.63) is 35.9 Å². The molecule has 122 valence electrons. The lowest BCUT2D eigenvalue weighted by Gasteiger charge is -2.33. The summed E-state index contributed by atoms with van der Waals surface area (Å²) in [6.45, 7) is 8.74. The summed E-state index contributed by atoms with van der Waals surface area (Å²) in [5, 5.41) is 6.95. The van der Waals surface area contributed by atoms with Gasteiger partial charge >= 0.3 is 0 Å². The first-order valence-electron chi connectivity index (χ1n) is 8.41. The molecule has 0 bridgehead atoms. The van der Waals surface area contributed by atoms with Crippen LogP contribution in [0.3, 0.4) is 0 Å². The van der Waals surface area contributed by atoms with Gasteiger partial charge in [0.05, 0.1) is 0 Å². The molecule has 1 fully saturated rings. The number of rotatable bonds is 5. The first-order valence-corrected chi connectivity index (χ1v) is 8.41. The van der Waals surface area contributed by atoms with E-state index in [1.54, 1.807) is 0 Å². The molecule has 4 nitrogen and oxygen atoms in total. The lowest BCUT2D eigenvalue weighted by atomic mass is 10.0. The summed E-state index contributed by atoms with van der Waals surface area (Å²) in [6.07, 6.45) is 2.35. The van der Waals surface area contributed by atoms with Crippen molar-refractivity contribution >= 4 is 5.96 Å². The van der Waals surface area contributed by atoms with E-state index in [4.69, 9.17) is 0 Å². The van der Waals surface area contributed by atoms with Crippen molar-refractivity contribution in [1.82, 2.24) is 15.5 Å². The molecular weight excluding hydrogens is 272 g/mol. The van der Waals surface area contributed by atoms with Gasteiger partial charge in [0.1, 0.15) is 0 Å². The molecule has 0 saturated carbocycles. The van der Waals surface area contributed by atoms with Gasteiger partial charge in [0.15, 0.2) is 5.96 Å². The minimum Gasteiger partial charge on any atom is -0.356 e. The maximum atomic E-state index is 4.32. The van der Waals surface area contributed by atoms with E-state index in [1.807, 2.05) is 7.05 Å². The fourth-order valence-corrected chi connectivity index (χ4v) is 2.77. The average Bonchev–Trinajstić information content (AvgIpc) is 2.54. The molecule has 0 aliphatic carbocycles. The van der Waals surface area contributed by atoms with E-state index in [2.05, 4.69) is 64.7 Å². The van der Waals surface area contributed by atoms with Crippen LogP contribution in [0, 0.1) is 5.92 Å². The number of nitrogens with one attached hydrogen (secondary N) is 2. The van der Waals surface area contributed by atoms with Gasteiger partial charge in [-0.1, -0.05) is 44.2 Å². The van der Waals surface area contributed by atoms with Crippen LogP contribution < -0.4 is 10.6 Å². The molecule has 1 aromatic carbocycles. The van der Waals surface area contributed by atoms with Gasteiger partial charge in [0, 0.05) is 39.3 Å². The number of guanidine groups is 1. The molecule has 1 aliphatic rings. The fraction of sp³-hybridized carbons (Fsp3) is 0.611. The molecule has 22 heavy (non-hydrogen) atoms. The minimum atomic E-state index is 0.533. The second-order valence-electron chi connectivity index (χ2n) is 6.53. The summed E-state index contributed by atoms with van der Waals surface area (Å²) >= 11 is 0. The monoisotopic (exact) mass is 302 g/mol. The van der Waals surface area contributed by atoms with Crippen molar-refractivity contribution in [3.63, 3.8) is 0 Å². The van der Waals surface area contributed by atoms with Gasteiger partial charge in [-0.3, -0.25) is 9.89 Å². The topological polar surface area (TPSA) is 39.7 Å². The minimum absolute atomic E-state index is 0.533. The average molecular weight is 302 g/mol. The molecule has 1 aromatic rings. The first-order chi connectivity index (χ1) is 10.7. The van der Waals surface area contributed by atoms with E-state index in [9.17, 15) is 0 Å². The standard InChI is InChI=1S/C18H30N4/c1-15(2)13-20-18(19-3)21-17-9-11-22(12-10-17)14-16-7-5-4-6-8-16/h4-8,15,17H,9-14H2,1-3H3,(H2,19,20,21). The Morgan fingerprint density at radius 1 is 1.23 bits per heavy atom. The predicted octanol–water partition coefficient (Wildman–Crippen LogP) is 2.47. The molecule has 1 aliphatic heterocycles. The van der Waals surface area contributed by atoms with Crippen LogP contribution in [0.25, 0.3) is 0 Å². The molecule has 0 atom stereocenters. The van der Waals surface area contributed by atoms with Crippen LogP contribution in [0.15, 0.2) is 35.3 Å². The number of piperidine rings is 1. The van der Waals surface area contributed by atoms with Crippen molar-refractivity contribution in [2.45, 2.75) is 39.3 Å². The lowest BCUT2D eigenvalue weighted by Crippen LogP contribution is -2.49. The van der Waals surface area contributed by atoms with Gasteiger partial charge in [0.2, 0.25) is 0 Å². The Morgan fingerprint density at radius 2 is 1.91 bits per heavy atom. The Morgan fingerprint density at radius 3 is 2.50 bits per heavy atom. The number of hydrogen-bond donors (Lipinski definition) is 2. The second-order valence-corrected chi connectivity index (χ2v) is 6.53. The molecule has 4 heteroatoms. The molecule has 0 unspecified atom stereocenters. The third kappa shape index (κ3) is 5.68. The highest BCUT2D eigenvalue weighted by Crippen LogP contribution is 2.13. The normalized spacial score (nSPS) is 17.7. The molecule has 0 radical (unpaired) electrons. The van der Waals surface area contributed by atoms with Crippen LogP contribution >= 0.6 is 0 Å². The quantitative estimate of drug-likeness (QED) is 0.648. The maximum absolute atomic E-state index is 4.32. The van der Waals surface area contributed by atoms with Crippen LogP contribution in [-0.2, 0) is 6.54 Å². The zero-order valence-electron chi connectivity index (χ0n) is 14.2. The van der Waals surface area contributed by atoms with Crippen molar-refractivity contribution in [1.29, 1.82) is 0 Å². The Hall–Kier alpha value is -1.55. The smallest absolute Gasteiger partial charge is 0.191 e. The van der Waals surface area contributed by atoms with Crippen LogP contribution in [-0.4, -0.2) is 43.6 Å². The van der Waals surface area contributed by atoms with Crippen molar-refractivity contribution in [3.8, 4) is 0 Å². The van der Waals surface area contributed by atoms with Gasteiger partial charge in [-0.05, 0) is 24.3 Å². The summed E-state index contributed by atoms with van der Waals surface area (Å²) in [4.78, 5) is 6.86. The molecule has 2 rings (SSSR count). The SMILES string of the molecule is CN=C(NCC(C)C)NC1CCN(Cc2ccccc2)CC1. The summed E-state index contributed by atoms with van der Waals surface area (Å²) in [5.74, 6) is 1.57. The van der Waals surface area contributed by atoms with E-state index in [0.29, 0.717) is 12.0 Å². The third-order valence-electron chi connectivity index (χ3n) is 4.08. The van der Waals surface area contributed by atoms with E-state index >= 15 is 0 Å². The predicted molar refractivity (Wildman–Crippen MR) is 94.1 cm³/mol. The molecule has 2 N–H and O–H groups in total. The van der Waals surface area contributed by atoms with E-state index in [1.165, 1.54) is 18.4 Å². The van der Waals surface area contributed by atoms with Gasteiger partial charge in [-0.2, -0.15) is 0 Å². The highest BCUT2D eigenvalue weighted by Gasteiger charge is 2.19. The Bertz CT molecular complexity index is 447. The third-order valence-corrected chi connectivity index (χ3v) is 4.08. The second kappa shape index (κ2) is 8.79. The maximum Gasteiger partial charge on any atom is 0.191 e. The van der Waals surface area contributed by atoms with Gasteiger partial charge in [-0.25, -0.2) is 0 Å². The van der Waals surface area contributed by atoms with Crippen LogP contribution in [0.4, 0.5) is 0 Å². The molecule has 0 aromatic heterocycles. The highest BCUT2D eigenvalue weighted by molar-refractivity contribution is 5.79. The fourth-order valence-electron chi connectivity index (χ4n) is 2.77. The molecule has 0 amide bonds. The zero-order valence-corrected chi connectivity index (χ0v) is 14.2. The number of hydrogen-bond acceptors (Lipinski definition) is 2. The number of likely N-dealkylation sites (tertiary alicyclic amines) is 1. The Kier molecular flexibility index (Phi) is 6.72. The number of aliphatic imine (C=N–C) groups is 1. The van der Waals surface area contributed by atoms with E-state index in [-0.39, 0.29) is 0 Å². The van der Waals surface area contributed by atoms with Crippen molar-refractivity contribution < 1.29 is 0 Å². The van der Waals surface area contributed by atoms with Gasteiger partial charge in [0.25, 0.3) is 0 Å². The molecule has 1 saturated heterocycles. The Balaban J connectivity index is 1.72. The summed E-state index contributed by atoms with van der Waals surface area (Å²) in [7, 11) is 1.85. The van der Waals surface area contributed by atoms with E-state index < -0.39 is 0 Å². The van der Waals surface area contributed by atoms with Crippen LogP contribution in [0.1, 0.15) is 32.3 Å². The largest absolute Gasteiger partial charge is 0.356 e. The van der Waals surface area contributed by atoms with E-state index in [0.717, 1.165) is 32.1 Å². The summed E-state index contributed by atoms with van der Waals surface area (Å²) in [6, 6.07) is 11.3. The molecule has 1 heterocycles. The van der Waals surface area contributed by atoms with Crippen molar-refractivity contribution in [2.75, 3.05) is 26.7 Å². The number of benzene rings is 1.